The molecular formula is C8H14N2O5. The Kier molecular flexibility index (Phi) is 5.32. The number of carboxylic acids is 2. The fraction of sp³-hybridized carbons (Fsp3) is 0.625. The number of likely N-dealkylation sites (N-methyl/N-ethyl adjacent to an activating group) is 1. The largest absolute Gasteiger partial charge is 0.480 e. The zero-order chi connectivity index (χ0) is 12.0. The lowest BCUT2D eigenvalue weighted by molar-refractivity contribution is -0.144. The highest BCUT2D eigenvalue weighted by Gasteiger charge is 2.16. The minimum Gasteiger partial charge on any atom is -0.480 e. The van der Waals surface area contributed by atoms with E-state index in [1.807, 2.05) is 0 Å². The van der Waals surface area contributed by atoms with E-state index in [9.17, 15) is 14.4 Å². The summed E-state index contributed by atoms with van der Waals surface area (Å²) in [5.74, 6) is -2.73. The van der Waals surface area contributed by atoms with Crippen LogP contribution in [0.1, 0.15) is 12.8 Å². The van der Waals surface area contributed by atoms with Gasteiger partial charge in [-0.25, -0.2) is 0 Å². The van der Waals surface area contributed by atoms with E-state index in [1.165, 1.54) is 7.05 Å². The molecule has 0 saturated heterocycles. The Balaban J connectivity index is 3.93. The van der Waals surface area contributed by atoms with E-state index in [0.29, 0.717) is 0 Å². The van der Waals surface area contributed by atoms with E-state index < -0.39 is 30.4 Å². The van der Waals surface area contributed by atoms with Crippen molar-refractivity contribution < 1.29 is 24.6 Å². The van der Waals surface area contributed by atoms with Crippen LogP contribution in [0.3, 0.4) is 0 Å². The van der Waals surface area contributed by atoms with Gasteiger partial charge in [0.15, 0.2) is 0 Å². The molecule has 0 aromatic rings. The van der Waals surface area contributed by atoms with Crippen molar-refractivity contribution in [3.63, 3.8) is 0 Å². The van der Waals surface area contributed by atoms with E-state index >= 15 is 0 Å². The van der Waals surface area contributed by atoms with E-state index in [1.54, 1.807) is 0 Å². The molecule has 15 heavy (non-hydrogen) atoms. The number of carbonyl (C=O) groups is 3. The number of carbonyl (C=O) groups excluding carboxylic acids is 1. The molecule has 0 rings (SSSR count). The topological polar surface area (TPSA) is 121 Å². The fourth-order valence-corrected chi connectivity index (χ4v) is 0.884. The molecule has 0 aromatic heterocycles. The number of amides is 1. The third-order valence-corrected chi connectivity index (χ3v) is 1.78. The number of rotatable bonds is 6. The molecule has 0 saturated carbocycles. The number of hydrogen-bond donors (Lipinski definition) is 3. The molecular weight excluding hydrogens is 204 g/mol. The van der Waals surface area contributed by atoms with E-state index in [0.717, 1.165) is 4.90 Å². The predicted octanol–water partition coefficient (Wildman–Crippen LogP) is -1.28. The van der Waals surface area contributed by atoms with Crippen molar-refractivity contribution in [1.82, 2.24) is 4.90 Å². The molecule has 7 nitrogen and oxygen atoms in total. The number of aliphatic carboxylic acids is 2. The van der Waals surface area contributed by atoms with Crippen LogP contribution in [0.4, 0.5) is 0 Å². The molecule has 0 unspecified atom stereocenters. The number of nitrogens with two attached hydrogens (primary N) is 1. The van der Waals surface area contributed by atoms with Crippen LogP contribution in [-0.4, -0.2) is 52.6 Å². The monoisotopic (exact) mass is 218 g/mol. The van der Waals surface area contributed by atoms with E-state index in [4.69, 9.17) is 15.9 Å². The third kappa shape index (κ3) is 5.63. The van der Waals surface area contributed by atoms with Crippen molar-refractivity contribution in [3.8, 4) is 0 Å². The van der Waals surface area contributed by atoms with Crippen LogP contribution >= 0.6 is 0 Å². The lowest BCUT2D eigenvalue weighted by Crippen LogP contribution is -2.35. The molecule has 1 atom stereocenters. The summed E-state index contributed by atoms with van der Waals surface area (Å²) < 4.78 is 0. The van der Waals surface area contributed by atoms with Crippen molar-refractivity contribution in [1.29, 1.82) is 0 Å². The van der Waals surface area contributed by atoms with Gasteiger partial charge in [-0.05, 0) is 6.42 Å². The summed E-state index contributed by atoms with van der Waals surface area (Å²) in [6.07, 6.45) is -0.0740. The maximum absolute atomic E-state index is 11.2. The zero-order valence-electron chi connectivity index (χ0n) is 8.34. The summed E-state index contributed by atoms with van der Waals surface area (Å²) >= 11 is 0. The predicted molar refractivity (Wildman–Crippen MR) is 50.1 cm³/mol. The summed E-state index contributed by atoms with van der Waals surface area (Å²) in [4.78, 5) is 32.8. The fourth-order valence-electron chi connectivity index (χ4n) is 0.884. The maximum atomic E-state index is 11.2. The quantitative estimate of drug-likeness (QED) is 0.510. The first-order chi connectivity index (χ1) is 6.84. The van der Waals surface area contributed by atoms with Crippen molar-refractivity contribution in [2.24, 2.45) is 5.73 Å². The molecule has 0 aromatic carbocycles. The normalized spacial score (nSPS) is 11.9. The molecule has 0 heterocycles. The molecule has 0 radical (unpaired) electrons. The Morgan fingerprint density at radius 1 is 1.33 bits per heavy atom. The second-order valence-electron chi connectivity index (χ2n) is 3.13. The van der Waals surface area contributed by atoms with Gasteiger partial charge in [0, 0.05) is 13.5 Å². The van der Waals surface area contributed by atoms with Crippen LogP contribution < -0.4 is 5.73 Å². The molecule has 0 aliphatic carbocycles. The Morgan fingerprint density at radius 2 is 1.87 bits per heavy atom. The molecule has 4 N–H and O–H groups in total. The van der Waals surface area contributed by atoms with Crippen molar-refractivity contribution in [3.05, 3.63) is 0 Å². The molecule has 7 heteroatoms. The lowest BCUT2D eigenvalue weighted by Gasteiger charge is -2.14. The highest BCUT2D eigenvalue weighted by molar-refractivity contribution is 5.81. The van der Waals surface area contributed by atoms with Gasteiger partial charge >= 0.3 is 11.9 Å². The Bertz CT molecular complexity index is 266. The van der Waals surface area contributed by atoms with Crippen LogP contribution in [0, 0.1) is 0 Å². The maximum Gasteiger partial charge on any atom is 0.323 e. The number of carboxylic acid groups (broad SMARTS) is 2. The van der Waals surface area contributed by atoms with Gasteiger partial charge in [-0.15, -0.1) is 0 Å². The average Bonchev–Trinajstić information content (AvgIpc) is 2.12. The average molecular weight is 218 g/mol. The second kappa shape index (κ2) is 5.97. The highest BCUT2D eigenvalue weighted by Crippen LogP contribution is 1.99. The summed E-state index contributed by atoms with van der Waals surface area (Å²) in [6.45, 7) is -0.402. The first-order valence-electron chi connectivity index (χ1n) is 4.28. The van der Waals surface area contributed by atoms with Gasteiger partial charge in [-0.3, -0.25) is 14.4 Å². The zero-order valence-corrected chi connectivity index (χ0v) is 8.34. The number of nitrogens with zero attached hydrogens (tertiary/aromatic N) is 1. The van der Waals surface area contributed by atoms with Gasteiger partial charge < -0.3 is 20.8 Å². The standard InChI is InChI=1S/C8H14N2O5/c1-10(4-7(12)13)6(11)3-2-5(9)8(14)15/h5H,2-4,9H2,1H3,(H,12,13)(H,14,15)/t5-/m0/s1. The molecule has 1 amide bonds. The molecule has 0 aliphatic rings. The summed E-state index contributed by atoms with van der Waals surface area (Å²) in [5.41, 5.74) is 5.18. The molecule has 0 fully saturated rings. The number of hydrogen-bond acceptors (Lipinski definition) is 4. The van der Waals surface area contributed by atoms with Gasteiger partial charge in [0.25, 0.3) is 0 Å². The van der Waals surface area contributed by atoms with E-state index in [2.05, 4.69) is 0 Å². The van der Waals surface area contributed by atoms with Crippen LogP contribution in [0.2, 0.25) is 0 Å². The van der Waals surface area contributed by atoms with Crippen molar-refractivity contribution in [2.45, 2.75) is 18.9 Å². The SMILES string of the molecule is CN(CC(=O)O)C(=O)CC[C@H](N)C(=O)O. The van der Waals surface area contributed by atoms with Crippen LogP contribution in [0.5, 0.6) is 0 Å². The van der Waals surface area contributed by atoms with Gasteiger partial charge in [-0.1, -0.05) is 0 Å². The molecule has 0 spiro atoms. The van der Waals surface area contributed by atoms with Crippen molar-refractivity contribution in [2.75, 3.05) is 13.6 Å². The van der Waals surface area contributed by atoms with Crippen LogP contribution in [-0.2, 0) is 14.4 Å². The van der Waals surface area contributed by atoms with Gasteiger partial charge in [0.1, 0.15) is 12.6 Å². The van der Waals surface area contributed by atoms with Gasteiger partial charge in [-0.2, -0.15) is 0 Å². The Labute approximate surface area is 86.5 Å². The smallest absolute Gasteiger partial charge is 0.323 e. The molecule has 86 valence electrons. The second-order valence-corrected chi connectivity index (χ2v) is 3.13. The first kappa shape index (κ1) is 13.4. The summed E-state index contributed by atoms with van der Waals surface area (Å²) in [7, 11) is 1.34. The van der Waals surface area contributed by atoms with E-state index in [-0.39, 0.29) is 12.8 Å². The Morgan fingerprint density at radius 3 is 2.27 bits per heavy atom. The Hall–Kier alpha value is -1.63. The summed E-state index contributed by atoms with van der Waals surface area (Å²) in [5, 5.41) is 16.8. The van der Waals surface area contributed by atoms with Gasteiger partial charge in [0.05, 0.1) is 0 Å². The minimum absolute atomic E-state index is 0.00186. The van der Waals surface area contributed by atoms with Gasteiger partial charge in [0.2, 0.25) is 5.91 Å². The summed E-state index contributed by atoms with van der Waals surface area (Å²) in [6, 6.07) is -1.09. The van der Waals surface area contributed by atoms with Crippen molar-refractivity contribution >= 4 is 17.8 Å². The molecule has 0 bridgehead atoms. The highest BCUT2D eigenvalue weighted by atomic mass is 16.4. The lowest BCUT2D eigenvalue weighted by atomic mass is 10.1. The molecule has 0 aliphatic heterocycles. The minimum atomic E-state index is -1.18. The van der Waals surface area contributed by atoms with Crippen LogP contribution in [0.25, 0.3) is 0 Å². The van der Waals surface area contributed by atoms with Crippen LogP contribution in [0.15, 0.2) is 0 Å². The third-order valence-electron chi connectivity index (χ3n) is 1.78. The first-order valence-corrected chi connectivity index (χ1v) is 4.28.